The first-order valence-electron chi connectivity index (χ1n) is 5.33. The summed E-state index contributed by atoms with van der Waals surface area (Å²) in [4.78, 5) is 1.57. The number of anilines is 1. The fourth-order valence-electron chi connectivity index (χ4n) is 1.83. The Morgan fingerprint density at radius 1 is 1.28 bits per heavy atom. The Bertz CT molecular complexity index is 453. The van der Waals surface area contributed by atoms with Crippen LogP contribution in [0.1, 0.15) is 5.56 Å². The molecule has 0 unspecified atom stereocenters. The SMILES string of the molecule is O/N=C(/Cl)c1cc(F)c(N2CCOCC2)c(F)c1. The molecule has 2 rings (SSSR count). The van der Waals surface area contributed by atoms with Crippen molar-refractivity contribution in [1.29, 1.82) is 0 Å². The van der Waals surface area contributed by atoms with Crippen LogP contribution in [0.5, 0.6) is 0 Å². The first kappa shape index (κ1) is 13.0. The van der Waals surface area contributed by atoms with Gasteiger partial charge in [0.05, 0.1) is 13.2 Å². The Morgan fingerprint density at radius 2 is 1.83 bits per heavy atom. The lowest BCUT2D eigenvalue weighted by molar-refractivity contribution is 0.122. The fourth-order valence-corrected chi connectivity index (χ4v) is 1.94. The van der Waals surface area contributed by atoms with E-state index in [0.29, 0.717) is 26.3 Å². The lowest BCUT2D eigenvalue weighted by atomic mass is 10.1. The molecule has 1 N–H and O–H groups in total. The van der Waals surface area contributed by atoms with Gasteiger partial charge in [0.2, 0.25) is 0 Å². The Balaban J connectivity index is 2.37. The van der Waals surface area contributed by atoms with Crippen LogP contribution in [0.4, 0.5) is 14.5 Å². The number of rotatable bonds is 2. The van der Waals surface area contributed by atoms with Crippen LogP contribution < -0.4 is 4.90 Å². The largest absolute Gasteiger partial charge is 0.410 e. The quantitative estimate of drug-likeness (QED) is 0.512. The molecule has 18 heavy (non-hydrogen) atoms. The number of morpholine rings is 1. The fraction of sp³-hybridized carbons (Fsp3) is 0.364. The monoisotopic (exact) mass is 276 g/mol. The van der Waals surface area contributed by atoms with Gasteiger partial charge >= 0.3 is 0 Å². The highest BCUT2D eigenvalue weighted by Crippen LogP contribution is 2.26. The van der Waals surface area contributed by atoms with E-state index in [0.717, 1.165) is 12.1 Å². The van der Waals surface area contributed by atoms with E-state index in [1.54, 1.807) is 4.90 Å². The zero-order chi connectivity index (χ0) is 13.1. The van der Waals surface area contributed by atoms with E-state index in [1.165, 1.54) is 0 Å². The summed E-state index contributed by atoms with van der Waals surface area (Å²) in [6.07, 6.45) is 0. The molecule has 1 heterocycles. The predicted octanol–water partition coefficient (Wildman–Crippen LogP) is 2.18. The molecule has 0 atom stereocenters. The molecule has 1 aliphatic heterocycles. The first-order valence-corrected chi connectivity index (χ1v) is 5.71. The minimum atomic E-state index is -0.742. The number of halogens is 3. The zero-order valence-electron chi connectivity index (χ0n) is 9.37. The summed E-state index contributed by atoms with van der Waals surface area (Å²) >= 11 is 5.51. The average molecular weight is 277 g/mol. The first-order chi connectivity index (χ1) is 8.63. The van der Waals surface area contributed by atoms with Gasteiger partial charge in [-0.1, -0.05) is 16.8 Å². The lowest BCUT2D eigenvalue weighted by Crippen LogP contribution is -2.37. The molecule has 1 saturated heterocycles. The van der Waals surface area contributed by atoms with Crippen LogP contribution in [-0.2, 0) is 4.74 Å². The Labute approximate surface area is 107 Å². The highest BCUT2D eigenvalue weighted by Gasteiger charge is 2.21. The number of nitrogens with zero attached hydrogens (tertiary/aromatic N) is 2. The molecule has 1 aliphatic rings. The Morgan fingerprint density at radius 3 is 2.33 bits per heavy atom. The van der Waals surface area contributed by atoms with Gasteiger partial charge in [-0.05, 0) is 12.1 Å². The molecule has 0 bridgehead atoms. The summed E-state index contributed by atoms with van der Waals surface area (Å²) in [7, 11) is 0. The van der Waals surface area contributed by atoms with Gasteiger partial charge in [-0.3, -0.25) is 0 Å². The summed E-state index contributed by atoms with van der Waals surface area (Å²) in [6.45, 7) is 1.71. The molecule has 0 aliphatic carbocycles. The van der Waals surface area contributed by atoms with Gasteiger partial charge in [-0.15, -0.1) is 0 Å². The maximum absolute atomic E-state index is 13.9. The van der Waals surface area contributed by atoms with Crippen molar-refractivity contribution in [1.82, 2.24) is 0 Å². The maximum Gasteiger partial charge on any atom is 0.175 e. The summed E-state index contributed by atoms with van der Waals surface area (Å²) in [6, 6.07) is 2.08. The minimum absolute atomic E-state index is 0.00817. The van der Waals surface area contributed by atoms with Crippen molar-refractivity contribution in [2.24, 2.45) is 5.16 Å². The van der Waals surface area contributed by atoms with E-state index in [9.17, 15) is 8.78 Å². The van der Waals surface area contributed by atoms with Crippen molar-refractivity contribution in [3.8, 4) is 0 Å². The number of hydrogen-bond donors (Lipinski definition) is 1. The zero-order valence-corrected chi connectivity index (χ0v) is 10.1. The number of oxime groups is 1. The van der Waals surface area contributed by atoms with Crippen molar-refractivity contribution < 1.29 is 18.7 Å². The lowest BCUT2D eigenvalue weighted by Gasteiger charge is -2.29. The van der Waals surface area contributed by atoms with E-state index >= 15 is 0 Å². The Kier molecular flexibility index (Phi) is 3.98. The molecular weight excluding hydrogens is 266 g/mol. The third-order valence-electron chi connectivity index (χ3n) is 2.67. The number of ether oxygens (including phenoxy) is 1. The molecule has 7 heteroatoms. The second-order valence-electron chi connectivity index (χ2n) is 3.78. The van der Waals surface area contributed by atoms with Crippen LogP contribution >= 0.6 is 11.6 Å². The average Bonchev–Trinajstić information content (AvgIpc) is 2.38. The minimum Gasteiger partial charge on any atom is -0.410 e. The summed E-state index contributed by atoms with van der Waals surface area (Å²) < 4.78 is 32.9. The standard InChI is InChI=1S/C11H11ClF2N2O2/c12-11(15-17)7-5-8(13)10(9(14)6-7)16-1-3-18-4-2-16/h5-6,17H,1-4H2/b15-11+. The van der Waals surface area contributed by atoms with Crippen molar-refractivity contribution >= 4 is 22.5 Å². The van der Waals surface area contributed by atoms with Crippen molar-refractivity contribution in [2.45, 2.75) is 0 Å². The van der Waals surface area contributed by atoms with Crippen molar-refractivity contribution in [2.75, 3.05) is 31.2 Å². The Hall–Kier alpha value is -1.40. The number of benzene rings is 1. The number of hydrogen-bond acceptors (Lipinski definition) is 4. The second-order valence-corrected chi connectivity index (χ2v) is 4.14. The van der Waals surface area contributed by atoms with Gasteiger partial charge in [0.25, 0.3) is 0 Å². The van der Waals surface area contributed by atoms with E-state index in [2.05, 4.69) is 5.16 Å². The van der Waals surface area contributed by atoms with Gasteiger partial charge in [0.15, 0.2) is 5.17 Å². The van der Waals surface area contributed by atoms with Gasteiger partial charge in [-0.2, -0.15) is 0 Å². The van der Waals surface area contributed by atoms with E-state index in [-0.39, 0.29) is 16.4 Å². The van der Waals surface area contributed by atoms with Crippen LogP contribution in [0.25, 0.3) is 0 Å². The molecule has 0 aromatic heterocycles. The smallest absolute Gasteiger partial charge is 0.175 e. The van der Waals surface area contributed by atoms with E-state index in [4.69, 9.17) is 21.5 Å². The molecular formula is C11H11ClF2N2O2. The van der Waals surface area contributed by atoms with Crippen LogP contribution in [0.15, 0.2) is 17.3 Å². The summed E-state index contributed by atoms with van der Waals surface area (Å²) in [5.74, 6) is -1.48. The van der Waals surface area contributed by atoms with E-state index in [1.807, 2.05) is 0 Å². The second kappa shape index (κ2) is 5.49. The topological polar surface area (TPSA) is 45.1 Å². The molecule has 0 radical (unpaired) electrons. The van der Waals surface area contributed by atoms with Crippen molar-refractivity contribution in [3.05, 3.63) is 29.3 Å². The summed E-state index contributed by atoms with van der Waals surface area (Å²) in [5, 5.41) is 10.8. The third kappa shape index (κ3) is 2.54. The van der Waals surface area contributed by atoms with Crippen LogP contribution in [0.2, 0.25) is 0 Å². The highest BCUT2D eigenvalue weighted by atomic mass is 35.5. The van der Waals surface area contributed by atoms with E-state index < -0.39 is 11.6 Å². The van der Waals surface area contributed by atoms with Crippen LogP contribution in [0, 0.1) is 11.6 Å². The highest BCUT2D eigenvalue weighted by molar-refractivity contribution is 6.69. The van der Waals surface area contributed by atoms with Gasteiger partial charge in [0, 0.05) is 18.7 Å². The molecule has 0 spiro atoms. The van der Waals surface area contributed by atoms with Gasteiger partial charge < -0.3 is 14.8 Å². The molecule has 98 valence electrons. The molecule has 1 fully saturated rings. The normalized spacial score (nSPS) is 17.1. The summed E-state index contributed by atoms with van der Waals surface area (Å²) in [5.41, 5.74) is -0.115. The molecule has 1 aromatic carbocycles. The van der Waals surface area contributed by atoms with Gasteiger partial charge in [0.1, 0.15) is 17.3 Å². The third-order valence-corrected chi connectivity index (χ3v) is 2.96. The van der Waals surface area contributed by atoms with Gasteiger partial charge in [-0.25, -0.2) is 8.78 Å². The molecule has 1 aromatic rings. The maximum atomic E-state index is 13.9. The molecule has 0 amide bonds. The predicted molar refractivity (Wildman–Crippen MR) is 63.6 cm³/mol. The van der Waals surface area contributed by atoms with Crippen molar-refractivity contribution in [3.63, 3.8) is 0 Å². The van der Waals surface area contributed by atoms with Crippen LogP contribution in [-0.4, -0.2) is 36.7 Å². The van der Waals surface area contributed by atoms with Crippen LogP contribution in [0.3, 0.4) is 0 Å². The molecule has 4 nitrogen and oxygen atoms in total. The molecule has 0 saturated carbocycles.